The molecule has 2 fully saturated rings. The number of anilines is 1. The minimum atomic E-state index is -4.51. The molecule has 3 atom stereocenters. The molecule has 108 valence electrons. The number of amides is 1. The minimum absolute atomic E-state index is 0.0719. The Morgan fingerprint density at radius 1 is 1.45 bits per heavy atom. The van der Waals surface area contributed by atoms with Crippen molar-refractivity contribution in [3.8, 4) is 0 Å². The van der Waals surface area contributed by atoms with Crippen LogP contribution in [0.5, 0.6) is 0 Å². The van der Waals surface area contributed by atoms with Gasteiger partial charge >= 0.3 is 6.18 Å². The van der Waals surface area contributed by atoms with Gasteiger partial charge in [-0.15, -0.1) is 0 Å². The van der Waals surface area contributed by atoms with Gasteiger partial charge in [0.1, 0.15) is 11.5 Å². The smallest absolute Gasteiger partial charge is 0.309 e. The Hall–Kier alpha value is -1.63. The summed E-state index contributed by atoms with van der Waals surface area (Å²) in [4.78, 5) is 15.4. The van der Waals surface area contributed by atoms with Gasteiger partial charge in [0.05, 0.1) is 6.04 Å². The Kier molecular flexibility index (Phi) is 2.79. The van der Waals surface area contributed by atoms with Crippen molar-refractivity contribution in [1.29, 1.82) is 0 Å². The molecule has 4 nitrogen and oxygen atoms in total. The van der Waals surface area contributed by atoms with Crippen molar-refractivity contribution < 1.29 is 18.0 Å². The number of nitrogens with one attached hydrogen (secondary N) is 2. The lowest BCUT2D eigenvalue weighted by Gasteiger charge is -2.14. The maximum atomic E-state index is 12.5. The normalized spacial score (nSPS) is 31.8. The van der Waals surface area contributed by atoms with Crippen molar-refractivity contribution in [3.63, 3.8) is 0 Å². The average Bonchev–Trinajstić information content (AvgIpc) is 2.86. The fourth-order valence-electron chi connectivity index (χ4n) is 2.71. The highest BCUT2D eigenvalue weighted by atomic mass is 19.4. The Labute approximate surface area is 113 Å². The monoisotopic (exact) mass is 285 g/mol. The van der Waals surface area contributed by atoms with Crippen LogP contribution in [0.1, 0.15) is 25.5 Å². The van der Waals surface area contributed by atoms with Crippen LogP contribution in [0.15, 0.2) is 18.2 Å². The number of halogens is 3. The van der Waals surface area contributed by atoms with Gasteiger partial charge in [0.15, 0.2) is 0 Å². The van der Waals surface area contributed by atoms with E-state index in [1.807, 2.05) is 0 Å². The summed E-state index contributed by atoms with van der Waals surface area (Å²) in [6.07, 6.45) is -2.75. The molecule has 1 aliphatic heterocycles. The number of aromatic nitrogens is 1. The number of hydrogen-bond acceptors (Lipinski definition) is 3. The molecule has 0 spiro atoms. The van der Waals surface area contributed by atoms with Gasteiger partial charge in [-0.25, -0.2) is 4.98 Å². The summed E-state index contributed by atoms with van der Waals surface area (Å²) in [5.41, 5.74) is -0.840. The molecule has 1 saturated heterocycles. The van der Waals surface area contributed by atoms with Gasteiger partial charge in [-0.05, 0) is 30.4 Å². The quantitative estimate of drug-likeness (QED) is 0.875. The number of carbonyl (C=O) groups excluding carboxylic acids is 1. The molecule has 0 aromatic carbocycles. The number of nitrogens with zero attached hydrogens (tertiary/aromatic N) is 1. The summed E-state index contributed by atoms with van der Waals surface area (Å²) in [6, 6.07) is 3.46. The third kappa shape index (κ3) is 2.37. The fraction of sp³-hybridized carbons (Fsp3) is 0.538. The van der Waals surface area contributed by atoms with E-state index in [0.717, 1.165) is 12.5 Å². The predicted molar refractivity (Wildman–Crippen MR) is 65.9 cm³/mol. The van der Waals surface area contributed by atoms with Crippen molar-refractivity contribution >= 4 is 11.7 Å². The van der Waals surface area contributed by atoms with E-state index < -0.39 is 11.9 Å². The average molecular weight is 285 g/mol. The summed E-state index contributed by atoms with van der Waals surface area (Å²) in [7, 11) is 0. The lowest BCUT2D eigenvalue weighted by Crippen LogP contribution is -2.38. The SMILES string of the molecule is C[C@@]12CC(C(=O)Nc3cccc(C(F)(F)F)n3)N[C@@H]1C2. The molecule has 1 aromatic heterocycles. The van der Waals surface area contributed by atoms with Gasteiger partial charge in [0, 0.05) is 6.04 Å². The predicted octanol–water partition coefficient (Wildman–Crippen LogP) is 2.18. The van der Waals surface area contributed by atoms with E-state index in [1.54, 1.807) is 0 Å². The first-order valence-electron chi connectivity index (χ1n) is 6.39. The zero-order chi connectivity index (χ0) is 14.5. The van der Waals surface area contributed by atoms with Crippen LogP contribution in [-0.4, -0.2) is 23.0 Å². The number of pyridine rings is 1. The highest BCUT2D eigenvalue weighted by molar-refractivity contribution is 5.94. The molecule has 20 heavy (non-hydrogen) atoms. The van der Waals surface area contributed by atoms with Crippen LogP contribution in [0.3, 0.4) is 0 Å². The maximum absolute atomic E-state index is 12.5. The van der Waals surface area contributed by atoms with Crippen LogP contribution in [0.25, 0.3) is 0 Å². The van der Waals surface area contributed by atoms with Gasteiger partial charge < -0.3 is 10.6 Å². The lowest BCUT2D eigenvalue weighted by molar-refractivity contribution is -0.141. The van der Waals surface area contributed by atoms with E-state index in [1.165, 1.54) is 12.1 Å². The Bertz CT molecular complexity index is 560. The summed E-state index contributed by atoms with van der Waals surface area (Å²) in [5.74, 6) is -0.400. The molecule has 2 aliphatic rings. The molecule has 7 heteroatoms. The number of fused-ring (bicyclic) bond motifs is 1. The molecule has 0 radical (unpaired) electrons. The van der Waals surface area contributed by atoms with E-state index in [2.05, 4.69) is 22.5 Å². The summed E-state index contributed by atoms with van der Waals surface area (Å²) < 4.78 is 37.6. The Balaban J connectivity index is 1.67. The molecule has 1 saturated carbocycles. The highest BCUT2D eigenvalue weighted by Crippen LogP contribution is 2.53. The zero-order valence-corrected chi connectivity index (χ0v) is 10.8. The summed E-state index contributed by atoms with van der Waals surface area (Å²) in [6.45, 7) is 2.10. The lowest BCUT2D eigenvalue weighted by atomic mass is 10.0. The van der Waals surface area contributed by atoms with E-state index in [4.69, 9.17) is 0 Å². The van der Waals surface area contributed by atoms with E-state index in [0.29, 0.717) is 12.5 Å². The number of carbonyl (C=O) groups is 1. The second kappa shape index (κ2) is 4.18. The van der Waals surface area contributed by atoms with Gasteiger partial charge in [-0.1, -0.05) is 13.0 Å². The number of rotatable bonds is 2. The molecule has 1 amide bonds. The molecule has 1 aromatic rings. The summed E-state index contributed by atoms with van der Waals surface area (Å²) in [5, 5.41) is 5.61. The Morgan fingerprint density at radius 2 is 2.20 bits per heavy atom. The zero-order valence-electron chi connectivity index (χ0n) is 10.8. The van der Waals surface area contributed by atoms with Crippen molar-refractivity contribution in [2.75, 3.05) is 5.32 Å². The maximum Gasteiger partial charge on any atom is 0.433 e. The van der Waals surface area contributed by atoms with Crippen molar-refractivity contribution in [3.05, 3.63) is 23.9 Å². The van der Waals surface area contributed by atoms with E-state index in [9.17, 15) is 18.0 Å². The number of hydrogen-bond donors (Lipinski definition) is 2. The van der Waals surface area contributed by atoms with Crippen LogP contribution in [-0.2, 0) is 11.0 Å². The molecule has 1 unspecified atom stereocenters. The third-order valence-electron chi connectivity index (χ3n) is 4.03. The third-order valence-corrected chi connectivity index (χ3v) is 4.03. The first kappa shape index (κ1) is 13.4. The molecule has 3 rings (SSSR count). The highest BCUT2D eigenvalue weighted by Gasteiger charge is 2.58. The Morgan fingerprint density at radius 3 is 2.80 bits per heavy atom. The first-order chi connectivity index (χ1) is 9.28. The first-order valence-corrected chi connectivity index (χ1v) is 6.39. The largest absolute Gasteiger partial charge is 0.433 e. The van der Waals surface area contributed by atoms with Crippen molar-refractivity contribution in [2.24, 2.45) is 5.41 Å². The molecular formula is C13H14F3N3O. The molecule has 0 bridgehead atoms. The molecule has 2 heterocycles. The topological polar surface area (TPSA) is 54.0 Å². The van der Waals surface area contributed by atoms with Crippen LogP contribution >= 0.6 is 0 Å². The van der Waals surface area contributed by atoms with E-state index >= 15 is 0 Å². The van der Waals surface area contributed by atoms with Crippen molar-refractivity contribution in [1.82, 2.24) is 10.3 Å². The van der Waals surface area contributed by atoms with Crippen LogP contribution in [0.2, 0.25) is 0 Å². The fourth-order valence-corrected chi connectivity index (χ4v) is 2.71. The minimum Gasteiger partial charge on any atom is -0.309 e. The van der Waals surface area contributed by atoms with Crippen LogP contribution < -0.4 is 10.6 Å². The van der Waals surface area contributed by atoms with Crippen molar-refractivity contribution in [2.45, 2.75) is 38.0 Å². The molecule has 2 N–H and O–H groups in total. The summed E-state index contributed by atoms with van der Waals surface area (Å²) >= 11 is 0. The van der Waals surface area contributed by atoms with Gasteiger partial charge in [-0.2, -0.15) is 13.2 Å². The standard InChI is InChI=1S/C13H14F3N3O/c1-12-5-7(17-9(12)6-12)11(20)19-10-4-2-3-8(18-10)13(14,15)16/h2-4,7,9,17H,5-6H2,1H3,(H,18,19,20)/t7?,9-,12+/m1/s1. The van der Waals surface area contributed by atoms with Gasteiger partial charge in [0.25, 0.3) is 0 Å². The van der Waals surface area contributed by atoms with Gasteiger partial charge in [0.2, 0.25) is 5.91 Å². The number of alkyl halides is 3. The van der Waals surface area contributed by atoms with Crippen LogP contribution in [0.4, 0.5) is 19.0 Å². The molecular weight excluding hydrogens is 271 g/mol. The number of piperidine rings is 1. The molecule has 1 aliphatic carbocycles. The second-order valence-corrected chi connectivity index (χ2v) is 5.73. The van der Waals surface area contributed by atoms with Crippen LogP contribution in [0, 0.1) is 5.41 Å². The van der Waals surface area contributed by atoms with E-state index in [-0.39, 0.29) is 23.2 Å². The van der Waals surface area contributed by atoms with Gasteiger partial charge in [-0.3, -0.25) is 4.79 Å². The second-order valence-electron chi connectivity index (χ2n) is 5.73.